The quantitative estimate of drug-likeness (QED) is 0.594. The van der Waals surface area contributed by atoms with E-state index in [4.69, 9.17) is 9.47 Å². The molecule has 0 fully saturated rings. The van der Waals surface area contributed by atoms with Gasteiger partial charge in [-0.1, -0.05) is 12.7 Å². The smallest absolute Gasteiger partial charge is 0.297 e. The van der Waals surface area contributed by atoms with Gasteiger partial charge in [0.1, 0.15) is 5.69 Å². The number of rotatable bonds is 5. The van der Waals surface area contributed by atoms with Crippen LogP contribution < -0.4 is 14.4 Å². The normalized spacial score (nSPS) is 9.78. The molecule has 0 saturated heterocycles. The number of hydrogen-bond acceptors (Lipinski definition) is 5. The topological polar surface area (TPSA) is 64.8 Å². The molecular weight excluding hydrogens is 236 g/mol. The highest BCUT2D eigenvalue weighted by atomic mass is 16.6. The fourth-order valence-corrected chi connectivity index (χ4v) is 1.80. The molecule has 0 amide bonds. The Bertz CT molecular complexity index is 483. The van der Waals surface area contributed by atoms with Crippen LogP contribution in [0.4, 0.5) is 11.4 Å². The van der Waals surface area contributed by atoms with Gasteiger partial charge in [0.2, 0.25) is 0 Å². The zero-order chi connectivity index (χ0) is 13.9. The lowest BCUT2D eigenvalue weighted by Crippen LogP contribution is -2.13. The van der Waals surface area contributed by atoms with E-state index in [0.717, 1.165) is 0 Å². The lowest BCUT2D eigenvalue weighted by Gasteiger charge is -2.19. The second-order valence-corrected chi connectivity index (χ2v) is 3.75. The highest BCUT2D eigenvalue weighted by molar-refractivity contribution is 5.82. The van der Waals surface area contributed by atoms with E-state index in [1.54, 1.807) is 19.0 Å². The van der Waals surface area contributed by atoms with Crippen molar-refractivity contribution in [3.8, 4) is 11.5 Å². The highest BCUT2D eigenvalue weighted by Crippen LogP contribution is 2.44. The average Bonchev–Trinajstić information content (AvgIpc) is 2.35. The number of nitrogens with zero attached hydrogens (tertiary/aromatic N) is 2. The Morgan fingerprint density at radius 2 is 2.00 bits per heavy atom. The Balaban J connectivity index is 3.74. The molecule has 0 aromatic heterocycles. The summed E-state index contributed by atoms with van der Waals surface area (Å²) >= 11 is 0. The Hall–Kier alpha value is -2.24. The summed E-state index contributed by atoms with van der Waals surface area (Å²) < 4.78 is 10.3. The van der Waals surface area contributed by atoms with E-state index in [1.807, 2.05) is 0 Å². The van der Waals surface area contributed by atoms with E-state index in [-0.39, 0.29) is 5.69 Å². The van der Waals surface area contributed by atoms with Crippen molar-refractivity contribution in [1.29, 1.82) is 0 Å². The van der Waals surface area contributed by atoms with E-state index < -0.39 is 4.92 Å². The predicted octanol–water partition coefficient (Wildman–Crippen LogP) is 2.32. The van der Waals surface area contributed by atoms with Gasteiger partial charge in [-0.15, -0.1) is 0 Å². The minimum Gasteiger partial charge on any atom is -0.493 e. The fraction of sp³-hybridized carbons (Fsp3) is 0.333. The van der Waals surface area contributed by atoms with Gasteiger partial charge in [-0.3, -0.25) is 10.1 Å². The Labute approximate surface area is 106 Å². The number of nitro groups is 1. The summed E-state index contributed by atoms with van der Waals surface area (Å²) in [4.78, 5) is 12.3. The third-order valence-electron chi connectivity index (χ3n) is 2.51. The summed E-state index contributed by atoms with van der Waals surface area (Å²) in [6, 6.07) is 1.35. The van der Waals surface area contributed by atoms with E-state index in [1.165, 1.54) is 26.4 Å². The van der Waals surface area contributed by atoms with Crippen molar-refractivity contribution in [3.05, 3.63) is 28.3 Å². The summed E-state index contributed by atoms with van der Waals surface area (Å²) in [6.07, 6.45) is 1.52. The number of hydrogen-bond donors (Lipinski definition) is 0. The monoisotopic (exact) mass is 252 g/mol. The molecule has 0 unspecified atom stereocenters. The number of methoxy groups -OCH3 is 2. The number of ether oxygens (including phenoxy) is 2. The molecule has 6 nitrogen and oxygen atoms in total. The molecular formula is C12H16N2O4. The summed E-state index contributed by atoms with van der Waals surface area (Å²) in [5.74, 6) is 0.742. The maximum absolute atomic E-state index is 11.1. The van der Waals surface area contributed by atoms with Crippen molar-refractivity contribution < 1.29 is 14.4 Å². The van der Waals surface area contributed by atoms with E-state index in [2.05, 4.69) is 6.58 Å². The van der Waals surface area contributed by atoms with Gasteiger partial charge >= 0.3 is 0 Å². The van der Waals surface area contributed by atoms with Gasteiger partial charge in [-0.25, -0.2) is 0 Å². The summed E-state index contributed by atoms with van der Waals surface area (Å²) in [5, 5.41) is 11.1. The van der Waals surface area contributed by atoms with Crippen LogP contribution in [0.25, 0.3) is 6.08 Å². The SMILES string of the molecule is C=Cc1c(OC)c(OC)cc([N+](=O)[O-])c1N(C)C. The minimum absolute atomic E-state index is 0.0486. The van der Waals surface area contributed by atoms with E-state index >= 15 is 0 Å². The summed E-state index contributed by atoms with van der Waals surface area (Å²) in [5.41, 5.74) is 0.925. The Morgan fingerprint density at radius 1 is 1.39 bits per heavy atom. The lowest BCUT2D eigenvalue weighted by molar-refractivity contribution is -0.384. The van der Waals surface area contributed by atoms with Gasteiger partial charge in [-0.05, 0) is 0 Å². The van der Waals surface area contributed by atoms with Crippen molar-refractivity contribution in [2.45, 2.75) is 0 Å². The Morgan fingerprint density at radius 3 is 2.33 bits per heavy atom. The first-order valence-corrected chi connectivity index (χ1v) is 5.21. The van der Waals surface area contributed by atoms with Crippen LogP contribution in [-0.4, -0.2) is 33.2 Å². The van der Waals surface area contributed by atoms with Crippen LogP contribution in [0.1, 0.15) is 5.56 Å². The molecule has 98 valence electrons. The molecule has 0 atom stereocenters. The summed E-state index contributed by atoms with van der Waals surface area (Å²) in [7, 11) is 6.36. The van der Waals surface area contributed by atoms with Crippen LogP contribution in [0.15, 0.2) is 12.6 Å². The predicted molar refractivity (Wildman–Crippen MR) is 70.6 cm³/mol. The number of benzene rings is 1. The fourth-order valence-electron chi connectivity index (χ4n) is 1.80. The van der Waals surface area contributed by atoms with Gasteiger partial charge in [0, 0.05) is 14.1 Å². The molecule has 18 heavy (non-hydrogen) atoms. The largest absolute Gasteiger partial charge is 0.493 e. The van der Waals surface area contributed by atoms with Crippen molar-refractivity contribution >= 4 is 17.5 Å². The maximum Gasteiger partial charge on any atom is 0.297 e. The molecule has 0 radical (unpaired) electrons. The molecule has 0 heterocycles. The zero-order valence-corrected chi connectivity index (χ0v) is 10.9. The molecule has 0 N–H and O–H groups in total. The first-order chi connectivity index (χ1) is 8.47. The van der Waals surface area contributed by atoms with Crippen LogP contribution in [0.3, 0.4) is 0 Å². The van der Waals surface area contributed by atoms with Crippen molar-refractivity contribution in [3.63, 3.8) is 0 Å². The van der Waals surface area contributed by atoms with Crippen LogP contribution in [-0.2, 0) is 0 Å². The molecule has 1 aromatic carbocycles. The second kappa shape index (κ2) is 5.39. The van der Waals surface area contributed by atoms with Crippen molar-refractivity contribution in [1.82, 2.24) is 0 Å². The third-order valence-corrected chi connectivity index (χ3v) is 2.51. The molecule has 0 aliphatic rings. The van der Waals surface area contributed by atoms with Crippen LogP contribution >= 0.6 is 0 Å². The van der Waals surface area contributed by atoms with Crippen LogP contribution in [0.5, 0.6) is 11.5 Å². The Kier molecular flexibility index (Phi) is 4.14. The van der Waals surface area contributed by atoms with E-state index in [9.17, 15) is 10.1 Å². The minimum atomic E-state index is -0.454. The van der Waals surface area contributed by atoms with Crippen LogP contribution in [0, 0.1) is 10.1 Å². The third kappa shape index (κ3) is 2.22. The maximum atomic E-state index is 11.1. The molecule has 6 heteroatoms. The molecule has 0 saturated carbocycles. The molecule has 1 rings (SSSR count). The number of anilines is 1. The first-order valence-electron chi connectivity index (χ1n) is 5.21. The standard InChI is InChI=1S/C12H16N2O4/c1-6-8-11(13(2)3)9(14(15)16)7-10(17-4)12(8)18-5/h6-7H,1H2,2-5H3. The van der Waals surface area contributed by atoms with Gasteiger partial charge in [0.25, 0.3) is 5.69 Å². The van der Waals surface area contributed by atoms with Gasteiger partial charge in [-0.2, -0.15) is 0 Å². The van der Waals surface area contributed by atoms with Crippen LogP contribution in [0.2, 0.25) is 0 Å². The van der Waals surface area contributed by atoms with E-state index in [0.29, 0.717) is 22.7 Å². The second-order valence-electron chi connectivity index (χ2n) is 3.75. The molecule has 0 aliphatic carbocycles. The molecule has 0 aliphatic heterocycles. The zero-order valence-electron chi connectivity index (χ0n) is 10.9. The van der Waals surface area contributed by atoms with Gasteiger partial charge in [0.15, 0.2) is 11.5 Å². The van der Waals surface area contributed by atoms with Crippen molar-refractivity contribution in [2.24, 2.45) is 0 Å². The molecule has 1 aromatic rings. The van der Waals surface area contributed by atoms with Crippen molar-refractivity contribution in [2.75, 3.05) is 33.2 Å². The van der Waals surface area contributed by atoms with Gasteiger partial charge in [0.05, 0.1) is 30.8 Å². The van der Waals surface area contributed by atoms with Gasteiger partial charge < -0.3 is 14.4 Å². The number of nitro benzene ring substituents is 1. The highest BCUT2D eigenvalue weighted by Gasteiger charge is 2.25. The summed E-state index contributed by atoms with van der Waals surface area (Å²) in [6.45, 7) is 3.67. The lowest BCUT2D eigenvalue weighted by atomic mass is 10.1. The average molecular weight is 252 g/mol. The molecule has 0 spiro atoms. The molecule has 0 bridgehead atoms. The first kappa shape index (κ1) is 13.8.